The zero-order valence-corrected chi connectivity index (χ0v) is 22.8. The van der Waals surface area contributed by atoms with Crippen molar-refractivity contribution in [2.75, 3.05) is 79.8 Å². The van der Waals surface area contributed by atoms with Gasteiger partial charge in [0.25, 0.3) is 0 Å². The predicted molar refractivity (Wildman–Crippen MR) is 147 cm³/mol. The minimum Gasteiger partial charge on any atom is -0.381 e. The molecule has 0 amide bonds. The van der Waals surface area contributed by atoms with Crippen LogP contribution in [0.3, 0.4) is 0 Å². The average molecular weight is 574 g/mol. The lowest BCUT2D eigenvalue weighted by Gasteiger charge is -2.40. The van der Waals surface area contributed by atoms with Gasteiger partial charge in [0.2, 0.25) is 0 Å². The van der Waals surface area contributed by atoms with Crippen molar-refractivity contribution < 1.29 is 9.47 Å². The molecule has 2 aliphatic rings. The Kier molecular flexibility index (Phi) is 14.3. The summed E-state index contributed by atoms with van der Waals surface area (Å²) < 4.78 is 11.2. The summed E-state index contributed by atoms with van der Waals surface area (Å²) in [4.78, 5) is 9.42. The van der Waals surface area contributed by atoms with Crippen LogP contribution in [0.4, 0.5) is 0 Å². The van der Waals surface area contributed by atoms with Crippen molar-refractivity contribution in [1.82, 2.24) is 20.4 Å². The molecule has 0 aromatic heterocycles. The number of aliphatic imine (C=N–C) groups is 1. The van der Waals surface area contributed by atoms with Crippen LogP contribution in [0, 0.1) is 5.92 Å². The Morgan fingerprint density at radius 1 is 1.09 bits per heavy atom. The van der Waals surface area contributed by atoms with Crippen molar-refractivity contribution >= 4 is 29.9 Å². The van der Waals surface area contributed by atoms with Gasteiger partial charge in [-0.2, -0.15) is 0 Å². The Morgan fingerprint density at radius 3 is 2.55 bits per heavy atom. The van der Waals surface area contributed by atoms with E-state index < -0.39 is 0 Å². The van der Waals surface area contributed by atoms with E-state index in [-0.39, 0.29) is 24.0 Å². The maximum atomic E-state index is 5.84. The van der Waals surface area contributed by atoms with E-state index in [4.69, 9.17) is 9.47 Å². The van der Waals surface area contributed by atoms with E-state index in [2.05, 4.69) is 62.8 Å². The zero-order chi connectivity index (χ0) is 22.4. The second-order valence-corrected chi connectivity index (χ2v) is 8.99. The number of hydrogen-bond donors (Lipinski definition) is 2. The first-order valence-electron chi connectivity index (χ1n) is 12.3. The fourth-order valence-corrected chi connectivity index (χ4v) is 4.47. The van der Waals surface area contributed by atoms with E-state index in [1.54, 1.807) is 0 Å². The van der Waals surface area contributed by atoms with Gasteiger partial charge in [0, 0.05) is 78.8 Å². The SMILES string of the molecule is CN=C(NCCCOCC1CCOCC1)NCCCN1CCN(C)CC1c1ccccc1.I. The van der Waals surface area contributed by atoms with E-state index >= 15 is 0 Å². The van der Waals surface area contributed by atoms with Crippen LogP contribution < -0.4 is 10.6 Å². The molecular weight excluding hydrogens is 529 g/mol. The number of ether oxygens (including phenoxy) is 2. The standard InChI is InChI=1S/C25H43N5O2.HI/c1-26-25(28-13-7-17-32-21-22-10-18-31-19-11-22)27-12-6-14-30-16-15-29(2)20-24(30)23-8-4-3-5-9-23;/h3-5,8-9,22,24H,6-7,10-21H2,1-2H3,(H2,26,27,28);1H. The molecule has 0 saturated carbocycles. The van der Waals surface area contributed by atoms with Crippen LogP contribution >= 0.6 is 24.0 Å². The lowest BCUT2D eigenvalue weighted by molar-refractivity contribution is 0.0203. The number of benzene rings is 1. The first-order chi connectivity index (χ1) is 15.8. The molecule has 188 valence electrons. The first-order valence-corrected chi connectivity index (χ1v) is 12.3. The van der Waals surface area contributed by atoms with Gasteiger partial charge in [-0.25, -0.2) is 0 Å². The van der Waals surface area contributed by atoms with Gasteiger partial charge in [0.05, 0.1) is 0 Å². The summed E-state index contributed by atoms with van der Waals surface area (Å²) in [7, 11) is 4.06. The molecule has 2 aliphatic heterocycles. The molecule has 1 unspecified atom stereocenters. The van der Waals surface area contributed by atoms with Gasteiger partial charge in [-0.3, -0.25) is 9.89 Å². The van der Waals surface area contributed by atoms with Crippen molar-refractivity contribution in [3.63, 3.8) is 0 Å². The summed E-state index contributed by atoms with van der Waals surface area (Å²) in [5.41, 5.74) is 1.42. The molecule has 0 bridgehead atoms. The maximum absolute atomic E-state index is 5.84. The molecule has 1 aromatic rings. The third-order valence-electron chi connectivity index (χ3n) is 6.47. The van der Waals surface area contributed by atoms with Gasteiger partial charge >= 0.3 is 0 Å². The highest BCUT2D eigenvalue weighted by molar-refractivity contribution is 14.0. The summed E-state index contributed by atoms with van der Waals surface area (Å²) in [6.07, 6.45) is 4.36. The number of piperazine rings is 1. The fourth-order valence-electron chi connectivity index (χ4n) is 4.47. The molecule has 2 heterocycles. The van der Waals surface area contributed by atoms with Crippen molar-refractivity contribution in [3.05, 3.63) is 35.9 Å². The van der Waals surface area contributed by atoms with Crippen molar-refractivity contribution in [3.8, 4) is 0 Å². The third kappa shape index (κ3) is 10.5. The monoisotopic (exact) mass is 573 g/mol. The molecule has 33 heavy (non-hydrogen) atoms. The van der Waals surface area contributed by atoms with Gasteiger partial charge in [-0.05, 0) is 44.2 Å². The van der Waals surface area contributed by atoms with E-state index in [0.29, 0.717) is 12.0 Å². The van der Waals surface area contributed by atoms with Crippen LogP contribution in [0.1, 0.15) is 37.3 Å². The summed E-state index contributed by atoms with van der Waals surface area (Å²) in [6.45, 7) is 9.69. The minimum absolute atomic E-state index is 0. The lowest BCUT2D eigenvalue weighted by atomic mass is 10.0. The number of nitrogens with zero attached hydrogens (tertiary/aromatic N) is 3. The number of guanidine groups is 1. The van der Waals surface area contributed by atoms with Gasteiger partial charge in [0.15, 0.2) is 5.96 Å². The van der Waals surface area contributed by atoms with E-state index in [1.807, 2.05) is 7.05 Å². The van der Waals surface area contributed by atoms with Crippen LogP contribution in [-0.2, 0) is 9.47 Å². The average Bonchev–Trinajstić information content (AvgIpc) is 2.84. The summed E-state index contributed by atoms with van der Waals surface area (Å²) in [5, 5.41) is 6.87. The molecule has 1 aromatic carbocycles. The molecule has 0 spiro atoms. The Balaban J connectivity index is 0.00000385. The predicted octanol–water partition coefficient (Wildman–Crippen LogP) is 2.98. The maximum Gasteiger partial charge on any atom is 0.190 e. The van der Waals surface area contributed by atoms with Crippen molar-refractivity contribution in [1.29, 1.82) is 0 Å². The smallest absolute Gasteiger partial charge is 0.190 e. The molecule has 3 rings (SSSR count). The third-order valence-corrected chi connectivity index (χ3v) is 6.47. The highest BCUT2D eigenvalue weighted by Crippen LogP contribution is 2.24. The highest BCUT2D eigenvalue weighted by atomic mass is 127. The topological polar surface area (TPSA) is 61.4 Å². The highest BCUT2D eigenvalue weighted by Gasteiger charge is 2.25. The summed E-state index contributed by atoms with van der Waals surface area (Å²) in [6, 6.07) is 11.4. The number of nitrogens with one attached hydrogen (secondary N) is 2. The Hall–Kier alpha value is -0.940. The number of halogens is 1. The van der Waals surface area contributed by atoms with Gasteiger partial charge in [-0.15, -0.1) is 24.0 Å². The van der Waals surface area contributed by atoms with Crippen LogP contribution in [0.2, 0.25) is 0 Å². The normalized spacial score (nSPS) is 20.9. The Bertz CT molecular complexity index is 657. The second kappa shape index (κ2) is 16.6. The van der Waals surface area contributed by atoms with Gasteiger partial charge < -0.3 is 25.0 Å². The Labute approximate surface area is 217 Å². The van der Waals surface area contributed by atoms with E-state index in [1.165, 1.54) is 5.56 Å². The van der Waals surface area contributed by atoms with Gasteiger partial charge in [0.1, 0.15) is 0 Å². The molecule has 1 atom stereocenters. The van der Waals surface area contributed by atoms with Crippen molar-refractivity contribution in [2.45, 2.75) is 31.7 Å². The molecule has 0 aliphatic carbocycles. The van der Waals surface area contributed by atoms with Crippen LogP contribution in [-0.4, -0.2) is 95.6 Å². The fraction of sp³-hybridized carbons (Fsp3) is 0.720. The quantitative estimate of drug-likeness (QED) is 0.184. The van der Waals surface area contributed by atoms with Crippen LogP contribution in [0.25, 0.3) is 0 Å². The number of rotatable bonds is 11. The number of hydrogen-bond acceptors (Lipinski definition) is 5. The molecule has 2 saturated heterocycles. The molecule has 2 fully saturated rings. The zero-order valence-electron chi connectivity index (χ0n) is 20.5. The molecule has 2 N–H and O–H groups in total. The Morgan fingerprint density at radius 2 is 1.82 bits per heavy atom. The lowest BCUT2D eigenvalue weighted by Crippen LogP contribution is -2.47. The molecule has 7 nitrogen and oxygen atoms in total. The summed E-state index contributed by atoms with van der Waals surface area (Å²) in [5.74, 6) is 1.56. The van der Waals surface area contributed by atoms with Crippen LogP contribution in [0.5, 0.6) is 0 Å². The molecule has 0 radical (unpaired) electrons. The second-order valence-electron chi connectivity index (χ2n) is 8.99. The minimum atomic E-state index is 0. The van der Waals surface area contributed by atoms with Crippen molar-refractivity contribution in [2.24, 2.45) is 10.9 Å². The largest absolute Gasteiger partial charge is 0.381 e. The first kappa shape index (κ1) is 28.3. The molecule has 8 heteroatoms. The van der Waals surface area contributed by atoms with E-state index in [0.717, 1.165) is 97.3 Å². The van der Waals surface area contributed by atoms with Crippen LogP contribution in [0.15, 0.2) is 35.3 Å². The van der Waals surface area contributed by atoms with Gasteiger partial charge in [-0.1, -0.05) is 30.3 Å². The molecular formula is C25H44IN5O2. The number of likely N-dealkylation sites (N-methyl/N-ethyl adjacent to an activating group) is 1. The van der Waals surface area contributed by atoms with E-state index in [9.17, 15) is 0 Å². The summed E-state index contributed by atoms with van der Waals surface area (Å²) >= 11 is 0.